The highest BCUT2D eigenvalue weighted by Gasteiger charge is 2.40. The first-order valence-corrected chi connectivity index (χ1v) is 8.60. The second-order valence-electron chi connectivity index (χ2n) is 6.29. The average Bonchev–Trinajstić information content (AvgIpc) is 2.98. The molecule has 0 saturated carbocycles. The normalized spacial score (nSPS) is 13.1. The average molecular weight is 378 g/mol. The fraction of sp³-hybridized carbons (Fsp3) is 0.190. The van der Waals surface area contributed by atoms with Crippen molar-refractivity contribution in [2.45, 2.75) is 6.92 Å². The van der Waals surface area contributed by atoms with Gasteiger partial charge < -0.3 is 14.2 Å². The maximum Gasteiger partial charge on any atom is 0.268 e. The molecule has 0 unspecified atom stereocenters. The van der Waals surface area contributed by atoms with Crippen LogP contribution in [0.1, 0.15) is 26.4 Å². The lowest BCUT2D eigenvalue weighted by molar-refractivity contribution is 0.0926. The Balaban J connectivity index is 1.94. The van der Waals surface area contributed by atoms with Crippen LogP contribution in [0, 0.1) is 6.92 Å². The maximum absolute atomic E-state index is 13.3. The SMILES string of the molecule is COc1cc(N2C(=O)c3c(C)nc4ccccc4c3C2=O)cc(OC)c1OC. The molecule has 0 N–H and O–H groups in total. The van der Waals surface area contributed by atoms with Crippen LogP contribution in [0.5, 0.6) is 17.2 Å². The van der Waals surface area contributed by atoms with E-state index in [1.807, 2.05) is 18.2 Å². The van der Waals surface area contributed by atoms with Crippen LogP contribution in [0.4, 0.5) is 5.69 Å². The Bertz CT molecular complexity index is 1110. The molecular formula is C21H18N2O5. The van der Waals surface area contributed by atoms with Gasteiger partial charge in [0.2, 0.25) is 5.75 Å². The van der Waals surface area contributed by atoms with Crippen LogP contribution in [0.25, 0.3) is 10.9 Å². The number of nitrogens with zero attached hydrogens (tertiary/aromatic N) is 2. The monoisotopic (exact) mass is 378 g/mol. The van der Waals surface area contributed by atoms with Gasteiger partial charge >= 0.3 is 0 Å². The molecule has 7 nitrogen and oxygen atoms in total. The van der Waals surface area contributed by atoms with Crippen molar-refractivity contribution < 1.29 is 23.8 Å². The second-order valence-corrected chi connectivity index (χ2v) is 6.29. The predicted molar refractivity (Wildman–Crippen MR) is 104 cm³/mol. The summed E-state index contributed by atoms with van der Waals surface area (Å²) in [4.78, 5) is 32.1. The molecule has 1 aliphatic rings. The Morgan fingerprint density at radius 3 is 2.07 bits per heavy atom. The summed E-state index contributed by atoms with van der Waals surface area (Å²) in [7, 11) is 4.44. The molecule has 28 heavy (non-hydrogen) atoms. The fourth-order valence-corrected chi connectivity index (χ4v) is 3.57. The molecular weight excluding hydrogens is 360 g/mol. The number of aromatic nitrogens is 1. The van der Waals surface area contributed by atoms with E-state index in [9.17, 15) is 9.59 Å². The number of pyridine rings is 1. The number of fused-ring (bicyclic) bond motifs is 3. The summed E-state index contributed by atoms with van der Waals surface area (Å²) in [6.07, 6.45) is 0. The van der Waals surface area contributed by atoms with Crippen LogP contribution in [0.15, 0.2) is 36.4 Å². The number of hydrogen-bond acceptors (Lipinski definition) is 6. The molecule has 0 fully saturated rings. The number of rotatable bonds is 4. The molecule has 4 rings (SSSR count). The molecule has 0 aliphatic carbocycles. The van der Waals surface area contributed by atoms with Crippen molar-refractivity contribution in [1.29, 1.82) is 0 Å². The molecule has 2 heterocycles. The molecule has 0 radical (unpaired) electrons. The van der Waals surface area contributed by atoms with Gasteiger partial charge in [0.1, 0.15) is 0 Å². The molecule has 0 spiro atoms. The number of ether oxygens (including phenoxy) is 3. The van der Waals surface area contributed by atoms with Crippen molar-refractivity contribution >= 4 is 28.4 Å². The van der Waals surface area contributed by atoms with Crippen LogP contribution >= 0.6 is 0 Å². The van der Waals surface area contributed by atoms with Crippen molar-refractivity contribution in [3.05, 3.63) is 53.2 Å². The Kier molecular flexibility index (Phi) is 4.15. The minimum atomic E-state index is -0.426. The number of carbonyl (C=O) groups excluding carboxylic acids is 2. The standard InChI is InChI=1S/C21H18N2O5/c1-11-17-18(13-7-5-6-8-14(13)22-11)21(25)23(20(17)24)12-9-15(26-2)19(28-4)16(10-12)27-3/h5-10H,1-4H3. The smallest absolute Gasteiger partial charge is 0.268 e. The van der Waals surface area contributed by atoms with Crippen molar-refractivity contribution in [3.8, 4) is 17.2 Å². The Morgan fingerprint density at radius 1 is 0.857 bits per heavy atom. The van der Waals surface area contributed by atoms with Gasteiger partial charge in [-0.05, 0) is 13.0 Å². The van der Waals surface area contributed by atoms with E-state index in [2.05, 4.69) is 4.98 Å². The number of carbonyl (C=O) groups is 2. The van der Waals surface area contributed by atoms with Crippen LogP contribution in [0.3, 0.4) is 0 Å². The van der Waals surface area contributed by atoms with Crippen LogP contribution in [0.2, 0.25) is 0 Å². The number of benzene rings is 2. The Morgan fingerprint density at radius 2 is 1.46 bits per heavy atom. The van der Waals surface area contributed by atoms with E-state index in [0.29, 0.717) is 50.7 Å². The lowest BCUT2D eigenvalue weighted by atomic mass is 10.0. The first-order valence-electron chi connectivity index (χ1n) is 8.60. The van der Waals surface area contributed by atoms with E-state index >= 15 is 0 Å². The van der Waals surface area contributed by atoms with E-state index in [-0.39, 0.29) is 0 Å². The molecule has 2 amide bonds. The highest BCUT2D eigenvalue weighted by Crippen LogP contribution is 2.43. The number of imide groups is 1. The number of aryl methyl sites for hydroxylation is 1. The first-order chi connectivity index (χ1) is 13.5. The maximum atomic E-state index is 13.3. The van der Waals surface area contributed by atoms with E-state index in [4.69, 9.17) is 14.2 Å². The molecule has 0 bridgehead atoms. The summed E-state index contributed by atoms with van der Waals surface area (Å²) in [5.41, 5.74) is 2.21. The minimum Gasteiger partial charge on any atom is -0.493 e. The summed E-state index contributed by atoms with van der Waals surface area (Å²) in [5.74, 6) is 0.260. The fourth-order valence-electron chi connectivity index (χ4n) is 3.57. The van der Waals surface area contributed by atoms with E-state index in [0.717, 1.165) is 4.90 Å². The van der Waals surface area contributed by atoms with Crippen LogP contribution < -0.4 is 19.1 Å². The zero-order chi connectivity index (χ0) is 20.0. The van der Waals surface area contributed by atoms with Crippen molar-refractivity contribution in [2.24, 2.45) is 0 Å². The van der Waals surface area contributed by atoms with E-state index in [1.54, 1.807) is 25.1 Å². The first kappa shape index (κ1) is 17.8. The van der Waals surface area contributed by atoms with Crippen molar-refractivity contribution in [2.75, 3.05) is 26.2 Å². The van der Waals surface area contributed by atoms with Gasteiger partial charge in [-0.1, -0.05) is 18.2 Å². The number of methoxy groups -OCH3 is 3. The highest BCUT2D eigenvalue weighted by molar-refractivity contribution is 6.37. The molecule has 7 heteroatoms. The lowest BCUT2D eigenvalue weighted by Gasteiger charge is -2.18. The molecule has 0 atom stereocenters. The van der Waals surface area contributed by atoms with Gasteiger partial charge in [0.15, 0.2) is 11.5 Å². The third kappa shape index (κ3) is 2.40. The zero-order valence-corrected chi connectivity index (χ0v) is 15.9. The second kappa shape index (κ2) is 6.53. The van der Waals surface area contributed by atoms with Gasteiger partial charge in [0, 0.05) is 17.5 Å². The van der Waals surface area contributed by atoms with Gasteiger partial charge in [0.25, 0.3) is 11.8 Å². The summed E-state index contributed by atoms with van der Waals surface area (Å²) in [5, 5.41) is 0.649. The molecule has 2 aromatic carbocycles. The van der Waals surface area contributed by atoms with Gasteiger partial charge in [-0.2, -0.15) is 0 Å². The van der Waals surface area contributed by atoms with Gasteiger partial charge in [-0.15, -0.1) is 0 Å². The van der Waals surface area contributed by atoms with Gasteiger partial charge in [-0.3, -0.25) is 14.6 Å². The predicted octanol–water partition coefficient (Wildman–Crippen LogP) is 3.37. The third-order valence-electron chi connectivity index (χ3n) is 4.81. The summed E-state index contributed by atoms with van der Waals surface area (Å²) >= 11 is 0. The van der Waals surface area contributed by atoms with Gasteiger partial charge in [-0.25, -0.2) is 4.90 Å². The van der Waals surface area contributed by atoms with E-state index < -0.39 is 11.8 Å². The molecule has 3 aromatic rings. The van der Waals surface area contributed by atoms with Crippen LogP contribution in [-0.4, -0.2) is 38.1 Å². The summed E-state index contributed by atoms with van der Waals surface area (Å²) < 4.78 is 16.0. The molecule has 0 saturated heterocycles. The van der Waals surface area contributed by atoms with Crippen molar-refractivity contribution in [3.63, 3.8) is 0 Å². The Hall–Kier alpha value is -3.61. The number of hydrogen-bond donors (Lipinski definition) is 0. The number of anilines is 1. The minimum absolute atomic E-state index is 0.317. The number of amides is 2. The third-order valence-corrected chi connectivity index (χ3v) is 4.81. The van der Waals surface area contributed by atoms with E-state index in [1.165, 1.54) is 21.3 Å². The quantitative estimate of drug-likeness (QED) is 0.648. The molecule has 142 valence electrons. The van der Waals surface area contributed by atoms with Crippen LogP contribution in [-0.2, 0) is 0 Å². The van der Waals surface area contributed by atoms with Crippen molar-refractivity contribution in [1.82, 2.24) is 4.98 Å². The summed E-state index contributed by atoms with van der Waals surface area (Å²) in [6.45, 7) is 1.73. The number of para-hydroxylation sites is 1. The Labute approximate surface area is 161 Å². The zero-order valence-electron chi connectivity index (χ0n) is 15.9. The largest absolute Gasteiger partial charge is 0.493 e. The summed E-state index contributed by atoms with van der Waals surface area (Å²) in [6, 6.07) is 10.4. The van der Waals surface area contributed by atoms with Gasteiger partial charge in [0.05, 0.1) is 49.4 Å². The molecule has 1 aliphatic heterocycles. The topological polar surface area (TPSA) is 78.0 Å². The molecule has 1 aromatic heterocycles. The lowest BCUT2D eigenvalue weighted by Crippen LogP contribution is -2.29. The highest BCUT2D eigenvalue weighted by atomic mass is 16.5.